The van der Waals surface area contributed by atoms with E-state index in [0.717, 1.165) is 16.9 Å². The van der Waals surface area contributed by atoms with Gasteiger partial charge < -0.3 is 18.9 Å². The van der Waals surface area contributed by atoms with Gasteiger partial charge in [0.25, 0.3) is 11.8 Å². The molecule has 1 aliphatic heterocycles. The number of halogens is 2. The van der Waals surface area contributed by atoms with Crippen LogP contribution in [0.15, 0.2) is 60.2 Å². The lowest BCUT2D eigenvalue weighted by Crippen LogP contribution is -2.53. The molecule has 3 aromatic rings. The summed E-state index contributed by atoms with van der Waals surface area (Å²) in [7, 11) is 1.52. The minimum atomic E-state index is -0.805. The monoisotopic (exact) mass is 704 g/mol. The molecule has 0 aromatic heterocycles. The molecule has 11 heteroatoms. The number of carbonyl (C=O) groups is 3. The van der Waals surface area contributed by atoms with Crippen molar-refractivity contribution in [3.05, 3.63) is 85.5 Å². The summed E-state index contributed by atoms with van der Waals surface area (Å²) in [4.78, 5) is 39.8. The number of ether oxygens (including phenoxy) is 4. The number of nitrogens with one attached hydrogen (secondary N) is 1. The zero-order chi connectivity index (χ0) is 30.2. The van der Waals surface area contributed by atoms with E-state index in [2.05, 4.69) is 27.9 Å². The van der Waals surface area contributed by atoms with Crippen LogP contribution in [0, 0.1) is 3.57 Å². The number of rotatable bonds is 12. The standard InChI is InChI=1S/C31H30ClIN2O7/c1-4-12-41-25-11-10-19(15-26(25)39-3)17-35-30(37)22(29(36)34-31(35)38)13-20-14-24(33)28(27(16-20)40-5-2)42-18-21-8-6-7-9-23(21)32/h6-11,13-16H,4-5,12,17-18H2,1-3H3,(H,34,36,38)/b22-13+. The third-order valence-corrected chi connectivity index (χ3v) is 7.36. The van der Waals surface area contributed by atoms with Gasteiger partial charge in [-0.15, -0.1) is 0 Å². The van der Waals surface area contributed by atoms with E-state index in [1.54, 1.807) is 36.4 Å². The molecular weight excluding hydrogens is 675 g/mol. The highest BCUT2D eigenvalue weighted by atomic mass is 127. The molecule has 0 unspecified atom stereocenters. The van der Waals surface area contributed by atoms with Gasteiger partial charge in [-0.2, -0.15) is 0 Å². The lowest BCUT2D eigenvalue weighted by Gasteiger charge is -2.26. The fourth-order valence-corrected chi connectivity index (χ4v) is 5.14. The summed E-state index contributed by atoms with van der Waals surface area (Å²) >= 11 is 8.38. The van der Waals surface area contributed by atoms with Gasteiger partial charge in [-0.05, 0) is 83.5 Å². The third kappa shape index (κ3) is 7.35. The van der Waals surface area contributed by atoms with Crippen molar-refractivity contribution >= 4 is 58.1 Å². The lowest BCUT2D eigenvalue weighted by molar-refractivity contribution is -0.130. The first-order chi connectivity index (χ1) is 20.2. The molecule has 1 aliphatic rings. The smallest absolute Gasteiger partial charge is 0.331 e. The molecule has 1 saturated heterocycles. The molecule has 9 nitrogen and oxygen atoms in total. The maximum atomic E-state index is 13.4. The molecule has 0 spiro atoms. The second-order valence-corrected chi connectivity index (χ2v) is 10.8. The first-order valence-corrected chi connectivity index (χ1v) is 14.7. The molecule has 0 atom stereocenters. The second-order valence-electron chi connectivity index (χ2n) is 9.19. The van der Waals surface area contributed by atoms with Gasteiger partial charge in [0.15, 0.2) is 23.0 Å². The second kappa shape index (κ2) is 14.4. The van der Waals surface area contributed by atoms with Gasteiger partial charge in [-0.25, -0.2) is 4.79 Å². The van der Waals surface area contributed by atoms with Crippen LogP contribution in [0.2, 0.25) is 5.02 Å². The largest absolute Gasteiger partial charge is 0.493 e. The van der Waals surface area contributed by atoms with Crippen LogP contribution < -0.4 is 24.3 Å². The number of nitrogens with zero attached hydrogens (tertiary/aromatic N) is 1. The quantitative estimate of drug-likeness (QED) is 0.133. The van der Waals surface area contributed by atoms with E-state index < -0.39 is 17.8 Å². The van der Waals surface area contributed by atoms with Gasteiger partial charge in [0.1, 0.15) is 12.2 Å². The molecule has 1 heterocycles. The Kier molecular flexibility index (Phi) is 10.7. The summed E-state index contributed by atoms with van der Waals surface area (Å²) in [6.45, 7) is 4.89. The molecule has 4 rings (SSSR count). The lowest BCUT2D eigenvalue weighted by atomic mass is 10.1. The first-order valence-electron chi connectivity index (χ1n) is 13.3. The maximum Gasteiger partial charge on any atom is 0.331 e. The van der Waals surface area contributed by atoms with Crippen LogP contribution in [0.5, 0.6) is 23.0 Å². The van der Waals surface area contributed by atoms with Crippen molar-refractivity contribution in [2.24, 2.45) is 0 Å². The molecule has 0 radical (unpaired) electrons. The summed E-state index contributed by atoms with van der Waals surface area (Å²) in [5, 5.41) is 2.85. The summed E-state index contributed by atoms with van der Waals surface area (Å²) in [6, 6.07) is 15.2. The Morgan fingerprint density at radius 2 is 1.74 bits per heavy atom. The fraction of sp³-hybridized carbons (Fsp3) is 0.258. The zero-order valence-electron chi connectivity index (χ0n) is 23.4. The highest BCUT2D eigenvalue weighted by Gasteiger charge is 2.36. The van der Waals surface area contributed by atoms with Gasteiger partial charge in [0, 0.05) is 10.6 Å². The molecule has 3 aromatic carbocycles. The van der Waals surface area contributed by atoms with E-state index in [0.29, 0.717) is 55.9 Å². The molecule has 0 aliphatic carbocycles. The number of carbonyl (C=O) groups excluding carboxylic acids is 3. The van der Waals surface area contributed by atoms with Gasteiger partial charge in [-0.3, -0.25) is 19.8 Å². The van der Waals surface area contributed by atoms with E-state index in [-0.39, 0.29) is 18.7 Å². The van der Waals surface area contributed by atoms with Crippen molar-refractivity contribution in [2.75, 3.05) is 20.3 Å². The Hall–Kier alpha value is -3.77. The van der Waals surface area contributed by atoms with Crippen molar-refractivity contribution in [1.29, 1.82) is 0 Å². The van der Waals surface area contributed by atoms with Crippen LogP contribution in [-0.2, 0) is 22.7 Å². The van der Waals surface area contributed by atoms with E-state index in [9.17, 15) is 14.4 Å². The number of methoxy groups -OCH3 is 1. The topological polar surface area (TPSA) is 103 Å². The Balaban J connectivity index is 1.59. The van der Waals surface area contributed by atoms with Gasteiger partial charge in [-0.1, -0.05) is 42.8 Å². The van der Waals surface area contributed by atoms with E-state index in [1.165, 1.54) is 13.2 Å². The van der Waals surface area contributed by atoms with Crippen LogP contribution >= 0.6 is 34.2 Å². The number of hydrogen-bond donors (Lipinski definition) is 1. The molecule has 0 saturated carbocycles. The number of benzene rings is 3. The number of barbiturate groups is 1. The molecular formula is C31H30ClIN2O7. The summed E-state index contributed by atoms with van der Waals surface area (Å²) in [5.74, 6) is 0.489. The Morgan fingerprint density at radius 1 is 0.952 bits per heavy atom. The first kappa shape index (κ1) is 31.2. The molecule has 1 fully saturated rings. The van der Waals surface area contributed by atoms with Crippen LogP contribution in [0.25, 0.3) is 6.08 Å². The minimum absolute atomic E-state index is 0.0732. The zero-order valence-corrected chi connectivity index (χ0v) is 26.3. The molecule has 0 bridgehead atoms. The number of imide groups is 2. The van der Waals surface area contributed by atoms with Crippen molar-refractivity contribution in [2.45, 2.75) is 33.4 Å². The Labute approximate surface area is 262 Å². The predicted molar refractivity (Wildman–Crippen MR) is 167 cm³/mol. The molecule has 220 valence electrons. The number of urea groups is 1. The van der Waals surface area contributed by atoms with Gasteiger partial charge in [0.05, 0.1) is 30.4 Å². The van der Waals surface area contributed by atoms with E-state index in [4.69, 9.17) is 30.5 Å². The van der Waals surface area contributed by atoms with Crippen LogP contribution in [0.4, 0.5) is 4.79 Å². The molecule has 1 N–H and O–H groups in total. The van der Waals surface area contributed by atoms with Gasteiger partial charge in [0.2, 0.25) is 0 Å². The normalized spacial score (nSPS) is 14.2. The van der Waals surface area contributed by atoms with Crippen LogP contribution in [-0.4, -0.2) is 43.1 Å². The average Bonchev–Trinajstić information content (AvgIpc) is 2.97. The number of hydrogen-bond acceptors (Lipinski definition) is 7. The summed E-state index contributed by atoms with van der Waals surface area (Å²) < 4.78 is 23.7. The van der Waals surface area contributed by atoms with E-state index >= 15 is 0 Å². The predicted octanol–water partition coefficient (Wildman–Crippen LogP) is 6.38. The fourth-order valence-electron chi connectivity index (χ4n) is 4.17. The van der Waals surface area contributed by atoms with Crippen molar-refractivity contribution in [3.8, 4) is 23.0 Å². The van der Waals surface area contributed by atoms with Crippen molar-refractivity contribution < 1.29 is 33.3 Å². The summed E-state index contributed by atoms with van der Waals surface area (Å²) in [5.41, 5.74) is 1.78. The number of amides is 4. The maximum absolute atomic E-state index is 13.4. The molecule has 4 amide bonds. The minimum Gasteiger partial charge on any atom is -0.493 e. The van der Waals surface area contributed by atoms with Crippen molar-refractivity contribution in [3.63, 3.8) is 0 Å². The highest BCUT2D eigenvalue weighted by Crippen LogP contribution is 2.36. The van der Waals surface area contributed by atoms with Crippen molar-refractivity contribution in [1.82, 2.24) is 10.2 Å². The van der Waals surface area contributed by atoms with Crippen LogP contribution in [0.1, 0.15) is 37.0 Å². The SMILES string of the molecule is CCCOc1ccc(CN2C(=O)NC(=O)/C(=C\c3cc(I)c(OCc4ccccc4Cl)c(OCC)c3)C2=O)cc1OC. The molecule has 42 heavy (non-hydrogen) atoms. The van der Waals surface area contributed by atoms with Crippen LogP contribution in [0.3, 0.4) is 0 Å². The highest BCUT2D eigenvalue weighted by molar-refractivity contribution is 14.1. The average molecular weight is 705 g/mol. The third-order valence-electron chi connectivity index (χ3n) is 6.19. The Bertz CT molecular complexity index is 1530. The van der Waals surface area contributed by atoms with Gasteiger partial charge >= 0.3 is 6.03 Å². The van der Waals surface area contributed by atoms with E-state index in [1.807, 2.05) is 32.0 Å². The Morgan fingerprint density at radius 3 is 2.45 bits per heavy atom. The summed E-state index contributed by atoms with van der Waals surface area (Å²) in [6.07, 6.45) is 2.27.